The Morgan fingerprint density at radius 3 is 1.97 bits per heavy atom. The monoisotopic (exact) mass is 451 g/mol. The number of carbonyl (C=O) groups excluding carboxylic acids is 1. The standard InChI is InChI=1S/C27H21N3O4/c31-26-18-22(14-15-23(26)27(32)19-6-2-1-3-7-19)34-17-16-33-21-12-10-20(11-13-21)30-28-24-8-4-5-9-25(24)29-30/h1-15,18,31H,16-17H2. The molecule has 34 heavy (non-hydrogen) atoms. The first-order chi connectivity index (χ1) is 16.7. The summed E-state index contributed by atoms with van der Waals surface area (Å²) >= 11 is 0. The summed E-state index contributed by atoms with van der Waals surface area (Å²) in [7, 11) is 0. The molecule has 7 heteroatoms. The van der Waals surface area contributed by atoms with Crippen LogP contribution in [0.2, 0.25) is 0 Å². The normalized spacial score (nSPS) is 10.8. The Bertz CT molecular complexity index is 1400. The summed E-state index contributed by atoms with van der Waals surface area (Å²) in [5.74, 6) is 0.784. The predicted molar refractivity (Wildman–Crippen MR) is 128 cm³/mol. The van der Waals surface area contributed by atoms with Gasteiger partial charge in [-0.3, -0.25) is 4.79 Å². The van der Waals surface area contributed by atoms with Crippen LogP contribution in [0.15, 0.2) is 97.1 Å². The number of phenols is 1. The van der Waals surface area contributed by atoms with Gasteiger partial charge in [-0.2, -0.15) is 4.80 Å². The molecule has 0 spiro atoms. The maximum atomic E-state index is 12.5. The molecule has 1 N–H and O–H groups in total. The third-order valence-electron chi connectivity index (χ3n) is 5.22. The summed E-state index contributed by atoms with van der Waals surface area (Å²) < 4.78 is 11.4. The van der Waals surface area contributed by atoms with Gasteiger partial charge >= 0.3 is 0 Å². The van der Waals surface area contributed by atoms with Gasteiger partial charge in [-0.05, 0) is 48.5 Å². The van der Waals surface area contributed by atoms with E-state index in [1.165, 1.54) is 6.07 Å². The minimum Gasteiger partial charge on any atom is -0.507 e. The van der Waals surface area contributed by atoms with Crippen LogP contribution in [0.1, 0.15) is 15.9 Å². The lowest BCUT2D eigenvalue weighted by molar-refractivity contribution is 0.103. The van der Waals surface area contributed by atoms with Gasteiger partial charge in [-0.15, -0.1) is 10.2 Å². The highest BCUT2D eigenvalue weighted by molar-refractivity contribution is 6.10. The first kappa shape index (κ1) is 21.2. The maximum Gasteiger partial charge on any atom is 0.196 e. The molecule has 0 radical (unpaired) electrons. The average molecular weight is 451 g/mol. The van der Waals surface area contributed by atoms with Crippen LogP contribution in [0, 0.1) is 0 Å². The summed E-state index contributed by atoms with van der Waals surface area (Å²) in [6.07, 6.45) is 0. The molecule has 1 heterocycles. The highest BCUT2D eigenvalue weighted by Crippen LogP contribution is 2.26. The van der Waals surface area contributed by atoms with Crippen LogP contribution < -0.4 is 9.47 Å². The summed E-state index contributed by atoms with van der Waals surface area (Å²) in [5.41, 5.74) is 3.25. The molecule has 0 aliphatic heterocycles. The van der Waals surface area contributed by atoms with Gasteiger partial charge in [0.25, 0.3) is 0 Å². The van der Waals surface area contributed by atoms with Crippen LogP contribution in [0.4, 0.5) is 0 Å². The molecule has 0 aliphatic carbocycles. The van der Waals surface area contributed by atoms with E-state index in [1.807, 2.05) is 54.6 Å². The van der Waals surface area contributed by atoms with Gasteiger partial charge in [-0.25, -0.2) is 0 Å². The van der Waals surface area contributed by atoms with Crippen molar-refractivity contribution in [1.82, 2.24) is 15.0 Å². The highest BCUT2D eigenvalue weighted by atomic mass is 16.5. The first-order valence-electron chi connectivity index (χ1n) is 10.8. The number of ether oxygens (including phenoxy) is 2. The molecule has 4 aromatic carbocycles. The fourth-order valence-electron chi connectivity index (χ4n) is 3.51. The van der Waals surface area contributed by atoms with Crippen molar-refractivity contribution in [2.45, 2.75) is 0 Å². The highest BCUT2D eigenvalue weighted by Gasteiger charge is 2.14. The van der Waals surface area contributed by atoms with Gasteiger partial charge in [-0.1, -0.05) is 42.5 Å². The number of carbonyl (C=O) groups is 1. The van der Waals surface area contributed by atoms with Crippen LogP contribution in [0.3, 0.4) is 0 Å². The molecule has 7 nitrogen and oxygen atoms in total. The molecule has 0 unspecified atom stereocenters. The summed E-state index contributed by atoms with van der Waals surface area (Å²) in [6.45, 7) is 0.591. The summed E-state index contributed by atoms with van der Waals surface area (Å²) in [5, 5.41) is 19.2. The molecule has 0 bridgehead atoms. The molecule has 0 saturated heterocycles. The molecular weight excluding hydrogens is 430 g/mol. The van der Waals surface area contributed by atoms with Crippen LogP contribution >= 0.6 is 0 Å². The second-order valence-electron chi connectivity index (χ2n) is 7.54. The molecule has 0 amide bonds. The lowest BCUT2D eigenvalue weighted by Crippen LogP contribution is -2.09. The zero-order chi connectivity index (χ0) is 23.3. The van der Waals surface area contributed by atoms with Crippen LogP contribution in [-0.4, -0.2) is 39.1 Å². The van der Waals surface area contributed by atoms with Gasteiger partial charge in [0.15, 0.2) is 5.78 Å². The second kappa shape index (κ2) is 9.46. The fourth-order valence-corrected chi connectivity index (χ4v) is 3.51. The largest absolute Gasteiger partial charge is 0.507 e. The number of benzene rings is 4. The van der Waals surface area contributed by atoms with Crippen LogP contribution in [0.5, 0.6) is 17.2 Å². The van der Waals surface area contributed by atoms with Gasteiger partial charge in [0.2, 0.25) is 0 Å². The van der Waals surface area contributed by atoms with E-state index < -0.39 is 0 Å². The lowest BCUT2D eigenvalue weighted by Gasteiger charge is -2.10. The Morgan fingerprint density at radius 1 is 0.735 bits per heavy atom. The van der Waals surface area contributed by atoms with Crippen molar-refractivity contribution in [2.75, 3.05) is 13.2 Å². The van der Waals surface area contributed by atoms with Crippen molar-refractivity contribution in [3.8, 4) is 22.9 Å². The van der Waals surface area contributed by atoms with E-state index in [-0.39, 0.29) is 23.7 Å². The van der Waals surface area contributed by atoms with Crippen LogP contribution in [-0.2, 0) is 0 Å². The van der Waals surface area contributed by atoms with Gasteiger partial charge in [0.1, 0.15) is 41.5 Å². The van der Waals surface area contributed by atoms with Crippen molar-refractivity contribution in [3.05, 3.63) is 108 Å². The van der Waals surface area contributed by atoms with E-state index >= 15 is 0 Å². The smallest absolute Gasteiger partial charge is 0.196 e. The Kier molecular flexibility index (Phi) is 5.90. The van der Waals surface area contributed by atoms with Crippen molar-refractivity contribution >= 4 is 16.8 Å². The minimum absolute atomic E-state index is 0.122. The zero-order valence-electron chi connectivity index (χ0n) is 18.2. The zero-order valence-corrected chi connectivity index (χ0v) is 18.2. The molecule has 0 aliphatic rings. The quantitative estimate of drug-likeness (QED) is 0.269. The van der Waals surface area contributed by atoms with E-state index in [2.05, 4.69) is 10.2 Å². The van der Waals surface area contributed by atoms with E-state index in [9.17, 15) is 9.90 Å². The van der Waals surface area contributed by atoms with Crippen molar-refractivity contribution in [2.24, 2.45) is 0 Å². The third kappa shape index (κ3) is 4.59. The van der Waals surface area contributed by atoms with E-state index in [1.54, 1.807) is 41.2 Å². The first-order valence-corrected chi connectivity index (χ1v) is 10.8. The Labute approximate surface area is 195 Å². The number of fused-ring (bicyclic) bond motifs is 1. The fraction of sp³-hybridized carbons (Fsp3) is 0.0741. The average Bonchev–Trinajstić information content (AvgIpc) is 3.32. The Balaban J connectivity index is 1.14. The number of rotatable bonds is 8. The third-order valence-corrected chi connectivity index (χ3v) is 5.22. The summed E-state index contributed by atoms with van der Waals surface area (Å²) in [4.78, 5) is 14.1. The molecule has 0 fully saturated rings. The molecule has 5 rings (SSSR count). The number of nitrogens with zero attached hydrogens (tertiary/aromatic N) is 3. The van der Waals surface area contributed by atoms with Crippen molar-refractivity contribution in [3.63, 3.8) is 0 Å². The Hall–Kier alpha value is -4.65. The molecule has 168 valence electrons. The van der Waals surface area contributed by atoms with E-state index in [4.69, 9.17) is 9.47 Å². The van der Waals surface area contributed by atoms with Crippen molar-refractivity contribution < 1.29 is 19.4 Å². The maximum absolute atomic E-state index is 12.5. The molecular formula is C27H21N3O4. The lowest BCUT2D eigenvalue weighted by atomic mass is 10.0. The van der Waals surface area contributed by atoms with Crippen molar-refractivity contribution in [1.29, 1.82) is 0 Å². The second-order valence-corrected chi connectivity index (χ2v) is 7.54. The topological polar surface area (TPSA) is 86.5 Å². The number of phenolic OH excluding ortho intramolecular Hbond substituents is 1. The van der Waals surface area contributed by atoms with E-state index in [0.29, 0.717) is 23.7 Å². The number of aromatic hydroxyl groups is 1. The number of hydrogen-bond donors (Lipinski definition) is 1. The number of ketones is 1. The molecule has 1 aromatic heterocycles. The number of hydrogen-bond acceptors (Lipinski definition) is 6. The minimum atomic E-state index is -0.241. The molecule has 0 atom stereocenters. The predicted octanol–water partition coefficient (Wildman–Crippen LogP) is 4.81. The molecule has 5 aromatic rings. The summed E-state index contributed by atoms with van der Waals surface area (Å²) in [6, 6.07) is 28.6. The SMILES string of the molecule is O=C(c1ccccc1)c1ccc(OCCOc2ccc(-n3nc4ccccc4n3)cc2)cc1O. The van der Waals surface area contributed by atoms with Gasteiger partial charge < -0.3 is 14.6 Å². The Morgan fingerprint density at radius 2 is 1.32 bits per heavy atom. The van der Waals surface area contributed by atoms with Crippen LogP contribution in [0.25, 0.3) is 16.7 Å². The molecule has 0 saturated carbocycles. The van der Waals surface area contributed by atoms with Gasteiger partial charge in [0.05, 0.1) is 11.3 Å². The number of aromatic nitrogens is 3. The van der Waals surface area contributed by atoms with Gasteiger partial charge in [0, 0.05) is 11.6 Å². The van der Waals surface area contributed by atoms with E-state index in [0.717, 1.165) is 16.7 Å².